The molecule has 2 rings (SSSR count). The number of hydrogen-bond acceptors (Lipinski definition) is 4. The summed E-state index contributed by atoms with van der Waals surface area (Å²) in [6.07, 6.45) is 0. The molecule has 0 aliphatic rings. The van der Waals surface area contributed by atoms with Crippen molar-refractivity contribution in [3.8, 4) is 0 Å². The van der Waals surface area contributed by atoms with Crippen LogP contribution in [0.3, 0.4) is 0 Å². The lowest BCUT2D eigenvalue weighted by Gasteiger charge is -2.14. The maximum Gasteiger partial charge on any atom is 0.321 e. The quantitative estimate of drug-likeness (QED) is 0.861. The van der Waals surface area contributed by atoms with Crippen LogP contribution >= 0.6 is 11.6 Å². The van der Waals surface area contributed by atoms with Crippen LogP contribution < -0.4 is 0 Å². The summed E-state index contributed by atoms with van der Waals surface area (Å²) in [4.78, 5) is 16.7. The van der Waals surface area contributed by atoms with E-state index in [9.17, 15) is 4.79 Å². The summed E-state index contributed by atoms with van der Waals surface area (Å²) in [5.41, 5.74) is 0.657. The minimum atomic E-state index is -0.696. The molecule has 1 N–H and O–H groups in total. The molecular weight excluding hydrogens is 290 g/mol. The molecule has 1 heterocycles. The molecule has 112 valence electrons. The standard InChI is InChI=1S/C15H18ClN3O2/c1-4-21-15(20)12(10-7-5-6-8-11(10)16)14-17-13(9(2)3)18-19-14/h5-9,12H,4H2,1-3H3,(H,17,18,19). The molecule has 1 aromatic carbocycles. The van der Waals surface area contributed by atoms with Gasteiger partial charge >= 0.3 is 5.97 Å². The Morgan fingerprint density at radius 2 is 2.10 bits per heavy atom. The molecule has 2 aromatic rings. The van der Waals surface area contributed by atoms with E-state index in [0.717, 1.165) is 0 Å². The summed E-state index contributed by atoms with van der Waals surface area (Å²) in [7, 11) is 0. The number of aromatic amines is 1. The summed E-state index contributed by atoms with van der Waals surface area (Å²) in [5, 5.41) is 7.48. The van der Waals surface area contributed by atoms with Gasteiger partial charge in [-0.25, -0.2) is 4.98 Å². The first-order valence-corrected chi connectivity index (χ1v) is 7.25. The minimum absolute atomic E-state index is 0.170. The van der Waals surface area contributed by atoms with Gasteiger partial charge in [0.1, 0.15) is 11.7 Å². The molecule has 0 aliphatic heterocycles. The second kappa shape index (κ2) is 6.72. The maximum absolute atomic E-state index is 12.3. The Hall–Kier alpha value is -1.88. The molecule has 0 amide bonds. The number of hydrogen-bond donors (Lipinski definition) is 1. The highest BCUT2D eigenvalue weighted by atomic mass is 35.5. The largest absolute Gasteiger partial charge is 0.465 e. The number of esters is 1. The van der Waals surface area contributed by atoms with E-state index in [2.05, 4.69) is 15.2 Å². The van der Waals surface area contributed by atoms with Gasteiger partial charge in [0, 0.05) is 10.9 Å². The van der Waals surface area contributed by atoms with Gasteiger partial charge in [-0.3, -0.25) is 9.89 Å². The van der Waals surface area contributed by atoms with Crippen LogP contribution in [0.5, 0.6) is 0 Å². The number of ether oxygens (including phenoxy) is 1. The van der Waals surface area contributed by atoms with Crippen molar-refractivity contribution in [3.05, 3.63) is 46.5 Å². The van der Waals surface area contributed by atoms with Crippen molar-refractivity contribution in [2.24, 2.45) is 0 Å². The van der Waals surface area contributed by atoms with Gasteiger partial charge in [-0.1, -0.05) is 43.6 Å². The normalized spacial score (nSPS) is 12.4. The third-order valence-electron chi connectivity index (χ3n) is 3.05. The SMILES string of the molecule is CCOC(=O)C(c1nc(C(C)C)n[nH]1)c1ccccc1Cl. The number of nitrogens with zero attached hydrogens (tertiary/aromatic N) is 2. The number of H-pyrrole nitrogens is 1. The lowest BCUT2D eigenvalue weighted by atomic mass is 9.98. The lowest BCUT2D eigenvalue weighted by molar-refractivity contribution is -0.144. The van der Waals surface area contributed by atoms with Crippen molar-refractivity contribution in [2.45, 2.75) is 32.6 Å². The molecule has 0 radical (unpaired) electrons. The van der Waals surface area contributed by atoms with E-state index in [1.807, 2.05) is 26.0 Å². The Morgan fingerprint density at radius 1 is 1.38 bits per heavy atom. The average Bonchev–Trinajstić information content (AvgIpc) is 2.91. The smallest absolute Gasteiger partial charge is 0.321 e. The summed E-state index contributed by atoms with van der Waals surface area (Å²) in [5.74, 6) is 0.191. The predicted molar refractivity (Wildman–Crippen MR) is 80.4 cm³/mol. The first kappa shape index (κ1) is 15.5. The molecule has 1 unspecified atom stereocenters. The number of halogens is 1. The molecule has 0 saturated heterocycles. The minimum Gasteiger partial charge on any atom is -0.465 e. The van der Waals surface area contributed by atoms with Crippen LogP contribution in [-0.4, -0.2) is 27.8 Å². The molecule has 6 heteroatoms. The molecule has 21 heavy (non-hydrogen) atoms. The molecule has 0 aliphatic carbocycles. The molecule has 0 spiro atoms. The summed E-state index contributed by atoms with van der Waals surface area (Å²) in [6.45, 7) is 6.04. The molecule has 5 nitrogen and oxygen atoms in total. The van der Waals surface area contributed by atoms with Gasteiger partial charge in [-0.15, -0.1) is 0 Å². The van der Waals surface area contributed by atoms with E-state index < -0.39 is 11.9 Å². The van der Waals surface area contributed by atoms with E-state index in [1.54, 1.807) is 19.1 Å². The van der Waals surface area contributed by atoms with Gasteiger partial charge in [0.25, 0.3) is 0 Å². The van der Waals surface area contributed by atoms with E-state index >= 15 is 0 Å². The second-order valence-corrected chi connectivity index (χ2v) is 5.35. The molecule has 0 saturated carbocycles. The van der Waals surface area contributed by atoms with E-state index in [0.29, 0.717) is 28.8 Å². The lowest BCUT2D eigenvalue weighted by Crippen LogP contribution is -2.19. The van der Waals surface area contributed by atoms with Crippen molar-refractivity contribution >= 4 is 17.6 Å². The second-order valence-electron chi connectivity index (χ2n) is 4.94. The van der Waals surface area contributed by atoms with E-state index in [1.165, 1.54) is 0 Å². The van der Waals surface area contributed by atoms with Gasteiger partial charge in [0.05, 0.1) is 6.61 Å². The Kier molecular flexibility index (Phi) is 4.96. The number of carbonyl (C=O) groups excluding carboxylic acids is 1. The molecular formula is C15H18ClN3O2. The number of carbonyl (C=O) groups is 1. The van der Waals surface area contributed by atoms with Crippen molar-refractivity contribution in [1.82, 2.24) is 15.2 Å². The first-order chi connectivity index (χ1) is 10.0. The van der Waals surface area contributed by atoms with Gasteiger partial charge in [-0.2, -0.15) is 5.10 Å². The monoisotopic (exact) mass is 307 g/mol. The number of rotatable bonds is 5. The van der Waals surface area contributed by atoms with Gasteiger partial charge in [-0.05, 0) is 18.6 Å². The van der Waals surface area contributed by atoms with Gasteiger partial charge < -0.3 is 4.74 Å². The summed E-state index contributed by atoms with van der Waals surface area (Å²) < 4.78 is 5.15. The van der Waals surface area contributed by atoms with Crippen LogP contribution in [0.2, 0.25) is 5.02 Å². The van der Waals surface area contributed by atoms with Crippen LogP contribution in [0.25, 0.3) is 0 Å². The van der Waals surface area contributed by atoms with Crippen molar-refractivity contribution in [3.63, 3.8) is 0 Å². The predicted octanol–water partition coefficient (Wildman–Crippen LogP) is 3.28. The fraction of sp³-hybridized carbons (Fsp3) is 0.400. The van der Waals surface area contributed by atoms with Gasteiger partial charge in [0.2, 0.25) is 0 Å². The van der Waals surface area contributed by atoms with Crippen molar-refractivity contribution in [2.75, 3.05) is 6.61 Å². The highest BCUT2D eigenvalue weighted by molar-refractivity contribution is 6.31. The van der Waals surface area contributed by atoms with E-state index in [-0.39, 0.29) is 5.92 Å². The zero-order chi connectivity index (χ0) is 15.4. The number of aromatic nitrogens is 3. The van der Waals surface area contributed by atoms with Crippen LogP contribution in [0.4, 0.5) is 0 Å². The highest BCUT2D eigenvalue weighted by Crippen LogP contribution is 2.30. The summed E-state index contributed by atoms with van der Waals surface area (Å²) >= 11 is 6.21. The molecule has 0 fully saturated rings. The Bertz CT molecular complexity index is 625. The zero-order valence-electron chi connectivity index (χ0n) is 12.3. The first-order valence-electron chi connectivity index (χ1n) is 6.87. The molecule has 1 aromatic heterocycles. The highest BCUT2D eigenvalue weighted by Gasteiger charge is 2.29. The fourth-order valence-corrected chi connectivity index (χ4v) is 2.24. The Morgan fingerprint density at radius 3 is 2.67 bits per heavy atom. The zero-order valence-corrected chi connectivity index (χ0v) is 13.0. The summed E-state index contributed by atoms with van der Waals surface area (Å²) in [6, 6.07) is 7.17. The average molecular weight is 308 g/mol. The third-order valence-corrected chi connectivity index (χ3v) is 3.39. The van der Waals surface area contributed by atoms with E-state index in [4.69, 9.17) is 16.3 Å². The van der Waals surface area contributed by atoms with Crippen LogP contribution in [0.15, 0.2) is 24.3 Å². The Balaban J connectivity index is 2.45. The van der Waals surface area contributed by atoms with Crippen molar-refractivity contribution < 1.29 is 9.53 Å². The Labute approximate surface area is 128 Å². The van der Waals surface area contributed by atoms with Crippen LogP contribution in [0.1, 0.15) is 49.8 Å². The molecule has 0 bridgehead atoms. The molecule has 1 atom stereocenters. The van der Waals surface area contributed by atoms with Crippen LogP contribution in [-0.2, 0) is 9.53 Å². The van der Waals surface area contributed by atoms with Crippen LogP contribution in [0, 0.1) is 0 Å². The third kappa shape index (κ3) is 3.42. The maximum atomic E-state index is 12.3. The van der Waals surface area contributed by atoms with Crippen molar-refractivity contribution in [1.29, 1.82) is 0 Å². The number of nitrogens with one attached hydrogen (secondary N) is 1. The fourth-order valence-electron chi connectivity index (χ4n) is 2.00. The van der Waals surface area contributed by atoms with Gasteiger partial charge in [0.15, 0.2) is 5.82 Å². The topological polar surface area (TPSA) is 67.9 Å². The number of benzene rings is 1.